The summed E-state index contributed by atoms with van der Waals surface area (Å²) in [6.45, 7) is 1.87. The molecule has 1 unspecified atom stereocenters. The topological polar surface area (TPSA) is 40.5 Å². The smallest absolute Gasteiger partial charge is 0.154 e. The van der Waals surface area contributed by atoms with Gasteiger partial charge in [0, 0.05) is 11.8 Å². The van der Waals surface area contributed by atoms with Gasteiger partial charge in [0.05, 0.1) is 0 Å². The van der Waals surface area contributed by atoms with E-state index >= 15 is 0 Å². The Balaban J connectivity index is 2.17. The fraction of sp³-hybridized carbons (Fsp3) is 0.333. The molecule has 0 aliphatic heterocycles. The minimum absolute atomic E-state index is 0.107. The maximum atomic E-state index is 9.23. The molecule has 106 valence electrons. The van der Waals surface area contributed by atoms with Crippen molar-refractivity contribution in [2.75, 3.05) is 0 Å². The quantitative estimate of drug-likeness (QED) is 0.788. The van der Waals surface area contributed by atoms with Crippen molar-refractivity contribution in [3.63, 3.8) is 0 Å². The molecular formula is C18H22O2. The number of aliphatic hydroxyl groups excluding tert-OH is 1. The first kappa shape index (κ1) is 14.8. The van der Waals surface area contributed by atoms with Gasteiger partial charge in [0.15, 0.2) is 6.29 Å². The molecule has 0 saturated heterocycles. The van der Waals surface area contributed by atoms with Crippen molar-refractivity contribution in [3.8, 4) is 0 Å². The molecular weight excluding hydrogens is 248 g/mol. The normalized spacial score (nSPS) is 12.8. The molecule has 20 heavy (non-hydrogen) atoms. The maximum Gasteiger partial charge on any atom is 0.154 e. The third-order valence-electron chi connectivity index (χ3n) is 3.82. The van der Waals surface area contributed by atoms with Crippen LogP contribution in [0.15, 0.2) is 60.7 Å². The molecule has 0 fully saturated rings. The van der Waals surface area contributed by atoms with E-state index < -0.39 is 6.29 Å². The van der Waals surface area contributed by atoms with Crippen LogP contribution in [0, 0.1) is 5.92 Å². The van der Waals surface area contributed by atoms with Crippen molar-refractivity contribution in [2.45, 2.75) is 32.0 Å². The predicted octanol–water partition coefficient (Wildman–Crippen LogP) is 3.55. The SMILES string of the molecule is CC(CCC(c1ccccc1)c1ccccc1)C(O)O. The maximum absolute atomic E-state index is 9.23. The van der Waals surface area contributed by atoms with Crippen LogP contribution in [-0.4, -0.2) is 16.5 Å². The summed E-state index contributed by atoms with van der Waals surface area (Å²) in [5.74, 6) is 0.198. The Morgan fingerprint density at radius 2 is 1.20 bits per heavy atom. The van der Waals surface area contributed by atoms with Crippen LogP contribution >= 0.6 is 0 Å². The van der Waals surface area contributed by atoms with Crippen molar-refractivity contribution in [1.29, 1.82) is 0 Å². The monoisotopic (exact) mass is 270 g/mol. The molecule has 2 rings (SSSR count). The first-order valence-corrected chi connectivity index (χ1v) is 7.14. The van der Waals surface area contributed by atoms with Gasteiger partial charge in [-0.05, 0) is 24.0 Å². The molecule has 0 aliphatic rings. The molecule has 2 heteroatoms. The minimum Gasteiger partial charge on any atom is -0.368 e. The van der Waals surface area contributed by atoms with Gasteiger partial charge in [-0.1, -0.05) is 67.6 Å². The highest BCUT2D eigenvalue weighted by atomic mass is 16.5. The van der Waals surface area contributed by atoms with Gasteiger partial charge in [0.1, 0.15) is 0 Å². The third-order valence-corrected chi connectivity index (χ3v) is 3.82. The van der Waals surface area contributed by atoms with E-state index in [-0.39, 0.29) is 5.92 Å². The Morgan fingerprint density at radius 1 is 0.750 bits per heavy atom. The van der Waals surface area contributed by atoms with Crippen molar-refractivity contribution >= 4 is 0 Å². The highest BCUT2D eigenvalue weighted by Gasteiger charge is 2.17. The highest BCUT2D eigenvalue weighted by Crippen LogP contribution is 2.30. The Morgan fingerprint density at radius 3 is 1.60 bits per heavy atom. The summed E-state index contributed by atoms with van der Waals surface area (Å²) in [5.41, 5.74) is 2.55. The molecule has 2 aromatic carbocycles. The Kier molecular flexibility index (Phi) is 5.33. The lowest BCUT2D eigenvalue weighted by molar-refractivity contribution is -0.0808. The van der Waals surface area contributed by atoms with Crippen LogP contribution in [0.3, 0.4) is 0 Å². The largest absolute Gasteiger partial charge is 0.368 e. The zero-order valence-corrected chi connectivity index (χ0v) is 11.8. The molecule has 0 heterocycles. The van der Waals surface area contributed by atoms with Gasteiger partial charge >= 0.3 is 0 Å². The molecule has 0 spiro atoms. The second kappa shape index (κ2) is 7.22. The van der Waals surface area contributed by atoms with E-state index in [1.165, 1.54) is 11.1 Å². The van der Waals surface area contributed by atoms with E-state index in [4.69, 9.17) is 0 Å². The van der Waals surface area contributed by atoms with E-state index in [1.54, 1.807) is 0 Å². The number of hydrogen-bond donors (Lipinski definition) is 2. The van der Waals surface area contributed by atoms with Gasteiger partial charge in [-0.2, -0.15) is 0 Å². The van der Waals surface area contributed by atoms with Gasteiger partial charge in [-0.3, -0.25) is 0 Å². The first-order chi connectivity index (χ1) is 9.68. The van der Waals surface area contributed by atoms with Gasteiger partial charge in [-0.25, -0.2) is 0 Å². The van der Waals surface area contributed by atoms with Crippen LogP contribution in [0.25, 0.3) is 0 Å². The summed E-state index contributed by atoms with van der Waals surface area (Å²) in [6.07, 6.45) is 0.459. The molecule has 0 radical (unpaired) electrons. The lowest BCUT2D eigenvalue weighted by Crippen LogP contribution is -2.17. The lowest BCUT2D eigenvalue weighted by atomic mass is 9.85. The lowest BCUT2D eigenvalue weighted by Gasteiger charge is -2.21. The summed E-state index contributed by atoms with van der Waals surface area (Å²) in [7, 11) is 0. The summed E-state index contributed by atoms with van der Waals surface area (Å²) in [6, 6.07) is 20.8. The Bertz CT molecular complexity index is 454. The average Bonchev–Trinajstić information content (AvgIpc) is 2.49. The Labute approximate surface area is 120 Å². The van der Waals surface area contributed by atoms with E-state index in [0.717, 1.165) is 12.8 Å². The molecule has 0 aromatic heterocycles. The van der Waals surface area contributed by atoms with Gasteiger partial charge in [0.25, 0.3) is 0 Å². The van der Waals surface area contributed by atoms with Crippen LogP contribution in [0.4, 0.5) is 0 Å². The second-order valence-electron chi connectivity index (χ2n) is 5.34. The van der Waals surface area contributed by atoms with Crippen LogP contribution < -0.4 is 0 Å². The predicted molar refractivity (Wildman–Crippen MR) is 81.4 cm³/mol. The van der Waals surface area contributed by atoms with Crippen molar-refractivity contribution in [2.24, 2.45) is 5.92 Å². The molecule has 0 saturated carbocycles. The van der Waals surface area contributed by atoms with E-state index in [2.05, 4.69) is 48.5 Å². The molecule has 2 nitrogen and oxygen atoms in total. The van der Waals surface area contributed by atoms with E-state index in [1.807, 2.05) is 19.1 Å². The third kappa shape index (κ3) is 3.92. The standard InChI is InChI=1S/C18H22O2/c1-14(18(19)20)12-13-17(15-8-4-2-5-9-15)16-10-6-3-7-11-16/h2-11,14,17-20H,12-13H2,1H3. The molecule has 2 aromatic rings. The van der Waals surface area contributed by atoms with Crippen molar-refractivity contribution in [1.82, 2.24) is 0 Å². The van der Waals surface area contributed by atoms with Crippen molar-refractivity contribution < 1.29 is 10.2 Å². The number of rotatable bonds is 6. The van der Waals surface area contributed by atoms with Crippen LogP contribution in [0.5, 0.6) is 0 Å². The van der Waals surface area contributed by atoms with Crippen molar-refractivity contribution in [3.05, 3.63) is 71.8 Å². The summed E-state index contributed by atoms with van der Waals surface area (Å²) < 4.78 is 0. The van der Waals surface area contributed by atoms with Crippen LogP contribution in [0.2, 0.25) is 0 Å². The zero-order valence-electron chi connectivity index (χ0n) is 11.8. The first-order valence-electron chi connectivity index (χ1n) is 7.14. The van der Waals surface area contributed by atoms with E-state index in [0.29, 0.717) is 5.92 Å². The average molecular weight is 270 g/mol. The number of benzene rings is 2. The van der Waals surface area contributed by atoms with E-state index in [9.17, 15) is 10.2 Å². The fourth-order valence-corrected chi connectivity index (χ4v) is 2.48. The number of hydrogen-bond acceptors (Lipinski definition) is 2. The van der Waals surface area contributed by atoms with Gasteiger partial charge in [0.2, 0.25) is 0 Å². The summed E-state index contributed by atoms with van der Waals surface area (Å²) >= 11 is 0. The van der Waals surface area contributed by atoms with Crippen LogP contribution in [-0.2, 0) is 0 Å². The molecule has 2 N–H and O–H groups in total. The molecule has 0 bridgehead atoms. The minimum atomic E-state index is -1.23. The highest BCUT2D eigenvalue weighted by molar-refractivity contribution is 5.32. The summed E-state index contributed by atoms with van der Waals surface area (Å²) in [4.78, 5) is 0. The molecule has 0 amide bonds. The number of aliphatic hydroxyl groups is 2. The summed E-state index contributed by atoms with van der Waals surface area (Å²) in [5, 5.41) is 18.5. The molecule has 1 atom stereocenters. The zero-order chi connectivity index (χ0) is 14.4. The molecule has 0 aliphatic carbocycles. The fourth-order valence-electron chi connectivity index (χ4n) is 2.48. The van der Waals surface area contributed by atoms with Gasteiger partial charge in [-0.15, -0.1) is 0 Å². The van der Waals surface area contributed by atoms with Gasteiger partial charge < -0.3 is 10.2 Å². The Hall–Kier alpha value is -1.64. The van der Waals surface area contributed by atoms with Crippen LogP contribution in [0.1, 0.15) is 36.8 Å². The second-order valence-corrected chi connectivity index (χ2v) is 5.34.